The van der Waals surface area contributed by atoms with E-state index in [1.54, 1.807) is 6.92 Å². The second kappa shape index (κ2) is 6.01. The van der Waals surface area contributed by atoms with E-state index >= 15 is 0 Å². The van der Waals surface area contributed by atoms with Crippen LogP contribution in [0.15, 0.2) is 40.1 Å². The molecule has 2 rings (SSSR count). The lowest BCUT2D eigenvalue weighted by Gasteiger charge is -2.11. The van der Waals surface area contributed by atoms with Gasteiger partial charge in [0.15, 0.2) is 0 Å². The van der Waals surface area contributed by atoms with Crippen molar-refractivity contribution in [3.63, 3.8) is 0 Å². The van der Waals surface area contributed by atoms with Crippen LogP contribution in [0.2, 0.25) is 0 Å². The molecule has 0 radical (unpaired) electrons. The average molecular weight is 307 g/mol. The minimum absolute atomic E-state index is 0.0804. The van der Waals surface area contributed by atoms with Crippen LogP contribution >= 0.6 is 12.2 Å². The Bertz CT molecular complexity index is 811. The van der Waals surface area contributed by atoms with Gasteiger partial charge in [0.25, 0.3) is 5.56 Å². The van der Waals surface area contributed by atoms with E-state index in [2.05, 4.69) is 0 Å². The topological polar surface area (TPSA) is 70.0 Å². The van der Waals surface area contributed by atoms with Crippen molar-refractivity contribution >= 4 is 17.2 Å². The first-order chi connectivity index (χ1) is 9.93. The maximum atomic E-state index is 13.4. The van der Waals surface area contributed by atoms with Crippen LogP contribution in [0.4, 0.5) is 4.39 Å². The number of benzene rings is 1. The van der Waals surface area contributed by atoms with Crippen molar-refractivity contribution in [2.45, 2.75) is 20.0 Å². The zero-order valence-corrected chi connectivity index (χ0v) is 12.2. The Balaban J connectivity index is 2.58. The van der Waals surface area contributed by atoms with Crippen molar-refractivity contribution in [3.8, 4) is 0 Å². The molecule has 0 atom stereocenters. The van der Waals surface area contributed by atoms with Crippen LogP contribution in [0.3, 0.4) is 0 Å². The highest BCUT2D eigenvalue weighted by Gasteiger charge is 2.11. The lowest BCUT2D eigenvalue weighted by atomic mass is 10.1. The second-order valence-corrected chi connectivity index (χ2v) is 4.91. The second-order valence-electron chi connectivity index (χ2n) is 4.47. The van der Waals surface area contributed by atoms with Crippen LogP contribution in [0.5, 0.6) is 0 Å². The minimum atomic E-state index is -0.482. The molecule has 0 saturated heterocycles. The quantitative estimate of drug-likeness (QED) is 0.850. The molecule has 0 fully saturated rings. The van der Waals surface area contributed by atoms with E-state index in [1.807, 2.05) is 0 Å². The SMILES string of the molecule is CCn1ccc(=O)n(Cc2cc(F)ccc2C(N)=S)c1=O. The Morgan fingerprint density at radius 1 is 1.33 bits per heavy atom. The fraction of sp³-hybridized carbons (Fsp3) is 0.214. The van der Waals surface area contributed by atoms with Crippen LogP contribution in [0, 0.1) is 5.82 Å². The van der Waals surface area contributed by atoms with Gasteiger partial charge in [-0.3, -0.25) is 9.36 Å². The molecule has 21 heavy (non-hydrogen) atoms. The molecule has 0 bridgehead atoms. The van der Waals surface area contributed by atoms with Gasteiger partial charge in [-0.15, -0.1) is 0 Å². The lowest BCUT2D eigenvalue weighted by molar-refractivity contribution is 0.592. The molecule has 0 aliphatic carbocycles. The van der Waals surface area contributed by atoms with Gasteiger partial charge in [-0.25, -0.2) is 9.18 Å². The predicted octanol–water partition coefficient (Wildman–Crippen LogP) is 0.851. The summed E-state index contributed by atoms with van der Waals surface area (Å²) in [5.74, 6) is -0.482. The first-order valence-corrected chi connectivity index (χ1v) is 6.73. The van der Waals surface area contributed by atoms with Gasteiger partial charge in [0.2, 0.25) is 0 Å². The van der Waals surface area contributed by atoms with E-state index in [0.29, 0.717) is 17.7 Å². The van der Waals surface area contributed by atoms with Crippen molar-refractivity contribution in [1.29, 1.82) is 0 Å². The van der Waals surface area contributed by atoms with E-state index in [1.165, 1.54) is 35.0 Å². The molecular formula is C14H14FN3O2S. The molecule has 5 nitrogen and oxygen atoms in total. The van der Waals surface area contributed by atoms with E-state index in [4.69, 9.17) is 18.0 Å². The Morgan fingerprint density at radius 3 is 2.67 bits per heavy atom. The number of aromatic nitrogens is 2. The highest BCUT2D eigenvalue weighted by atomic mass is 32.1. The molecule has 0 amide bonds. The molecule has 1 aromatic carbocycles. The minimum Gasteiger partial charge on any atom is -0.389 e. The number of hydrogen-bond donors (Lipinski definition) is 1. The summed E-state index contributed by atoms with van der Waals surface area (Å²) in [4.78, 5) is 24.1. The van der Waals surface area contributed by atoms with E-state index < -0.39 is 17.1 Å². The summed E-state index contributed by atoms with van der Waals surface area (Å²) >= 11 is 4.91. The van der Waals surface area contributed by atoms with Gasteiger partial charge < -0.3 is 10.3 Å². The van der Waals surface area contributed by atoms with Gasteiger partial charge >= 0.3 is 5.69 Å². The van der Waals surface area contributed by atoms with E-state index in [-0.39, 0.29) is 11.5 Å². The third-order valence-electron chi connectivity index (χ3n) is 3.14. The van der Waals surface area contributed by atoms with Crippen LogP contribution in [-0.4, -0.2) is 14.1 Å². The van der Waals surface area contributed by atoms with Gasteiger partial charge in [-0.05, 0) is 30.7 Å². The Hall–Kier alpha value is -2.28. The first-order valence-electron chi connectivity index (χ1n) is 6.32. The van der Waals surface area contributed by atoms with Gasteiger partial charge in [-0.1, -0.05) is 12.2 Å². The standard InChI is InChI=1S/C14H14FN3O2S/c1-2-17-6-5-12(19)18(14(17)20)8-9-7-10(15)3-4-11(9)13(16)21/h3-7H,2,8H2,1H3,(H2,16,21). The fourth-order valence-corrected chi connectivity index (χ4v) is 2.25. The number of hydrogen-bond acceptors (Lipinski definition) is 3. The molecule has 2 N–H and O–H groups in total. The van der Waals surface area contributed by atoms with Crippen molar-refractivity contribution in [2.75, 3.05) is 0 Å². The maximum absolute atomic E-state index is 13.4. The predicted molar refractivity (Wildman–Crippen MR) is 82.0 cm³/mol. The van der Waals surface area contributed by atoms with Crippen LogP contribution in [0.25, 0.3) is 0 Å². The first kappa shape index (κ1) is 15.1. The van der Waals surface area contributed by atoms with Crippen molar-refractivity contribution in [2.24, 2.45) is 5.73 Å². The normalized spacial score (nSPS) is 10.6. The molecule has 0 spiro atoms. The Kier molecular flexibility index (Phi) is 4.32. The molecular weight excluding hydrogens is 293 g/mol. The summed E-state index contributed by atoms with van der Waals surface area (Å²) < 4.78 is 15.8. The molecule has 0 unspecified atom stereocenters. The molecule has 1 aromatic heterocycles. The number of nitrogens with two attached hydrogens (primary N) is 1. The highest BCUT2D eigenvalue weighted by molar-refractivity contribution is 7.80. The zero-order valence-electron chi connectivity index (χ0n) is 11.4. The molecule has 110 valence electrons. The summed E-state index contributed by atoms with van der Waals surface area (Å²) in [6.07, 6.45) is 1.43. The smallest absolute Gasteiger partial charge is 0.331 e. The lowest BCUT2D eigenvalue weighted by Crippen LogP contribution is -2.39. The molecule has 1 heterocycles. The van der Waals surface area contributed by atoms with Gasteiger partial charge in [-0.2, -0.15) is 0 Å². The Morgan fingerprint density at radius 2 is 2.05 bits per heavy atom. The molecule has 0 aliphatic heterocycles. The summed E-state index contributed by atoms with van der Waals surface area (Å²) in [5.41, 5.74) is 5.53. The zero-order chi connectivity index (χ0) is 15.6. The number of aryl methyl sites for hydroxylation is 1. The molecule has 0 saturated carbocycles. The highest BCUT2D eigenvalue weighted by Crippen LogP contribution is 2.12. The van der Waals surface area contributed by atoms with Crippen molar-refractivity contribution in [1.82, 2.24) is 9.13 Å². The van der Waals surface area contributed by atoms with Gasteiger partial charge in [0, 0.05) is 24.4 Å². The maximum Gasteiger partial charge on any atom is 0.331 e. The Labute approximate surface area is 125 Å². The number of nitrogens with zero attached hydrogens (tertiary/aromatic N) is 2. The van der Waals surface area contributed by atoms with Gasteiger partial charge in [0.05, 0.1) is 6.54 Å². The number of rotatable bonds is 4. The van der Waals surface area contributed by atoms with Gasteiger partial charge in [0.1, 0.15) is 10.8 Å². The molecule has 0 aliphatic rings. The number of thiocarbonyl (C=S) groups is 1. The number of halogens is 1. The third-order valence-corrected chi connectivity index (χ3v) is 3.36. The van der Waals surface area contributed by atoms with E-state index in [9.17, 15) is 14.0 Å². The fourth-order valence-electron chi connectivity index (χ4n) is 2.05. The summed E-state index contributed by atoms with van der Waals surface area (Å²) in [6, 6.07) is 5.20. The monoisotopic (exact) mass is 307 g/mol. The average Bonchev–Trinajstić information content (AvgIpc) is 2.43. The van der Waals surface area contributed by atoms with Crippen LogP contribution < -0.4 is 17.0 Å². The summed E-state index contributed by atoms with van der Waals surface area (Å²) in [7, 11) is 0. The summed E-state index contributed by atoms with van der Waals surface area (Å²) in [6.45, 7) is 2.15. The van der Waals surface area contributed by atoms with Crippen LogP contribution in [-0.2, 0) is 13.1 Å². The van der Waals surface area contributed by atoms with Crippen molar-refractivity contribution in [3.05, 3.63) is 68.2 Å². The largest absolute Gasteiger partial charge is 0.389 e. The molecule has 7 heteroatoms. The third kappa shape index (κ3) is 3.08. The summed E-state index contributed by atoms with van der Waals surface area (Å²) in [5, 5.41) is 0. The van der Waals surface area contributed by atoms with E-state index in [0.717, 1.165) is 4.57 Å². The van der Waals surface area contributed by atoms with Crippen molar-refractivity contribution < 1.29 is 4.39 Å². The van der Waals surface area contributed by atoms with Crippen LogP contribution in [0.1, 0.15) is 18.1 Å². The molecule has 2 aromatic rings.